The fourth-order valence-corrected chi connectivity index (χ4v) is 6.48. The van der Waals surface area contributed by atoms with E-state index in [4.69, 9.17) is 28.8 Å². The lowest BCUT2D eigenvalue weighted by Gasteiger charge is -2.60. The van der Waals surface area contributed by atoms with Gasteiger partial charge in [0, 0.05) is 31.2 Å². The Balaban J connectivity index is 1.46. The van der Waals surface area contributed by atoms with E-state index < -0.39 is 23.3 Å². The highest BCUT2D eigenvalue weighted by molar-refractivity contribution is 5.82. The summed E-state index contributed by atoms with van der Waals surface area (Å²) in [6.45, 7) is 5.96. The minimum atomic E-state index is -1.04. The van der Waals surface area contributed by atoms with E-state index >= 15 is 0 Å². The zero-order chi connectivity index (χ0) is 18.4. The zero-order valence-corrected chi connectivity index (χ0v) is 15.8. The zero-order valence-electron chi connectivity index (χ0n) is 15.8. The number of ether oxygens (including phenoxy) is 3. The summed E-state index contributed by atoms with van der Waals surface area (Å²) in [7, 11) is 0. The van der Waals surface area contributed by atoms with Crippen molar-refractivity contribution in [2.45, 2.75) is 75.3 Å². The standard InChI is InChI=1S/C19H27NO7/c1-11-3-4-14-18(9-12-10-22-8-7-20(12)25-18)15(21)23-16-19(14)13(11)5-6-17(2,24-16)26-27-19/h11-14,16H,3-10H2,1-2H3/t11-,12-,13+,14+,16-,17-,18-,19-/m1/s1. The lowest BCUT2D eigenvalue weighted by molar-refractivity contribution is -0.564. The van der Waals surface area contributed by atoms with Crippen LogP contribution in [-0.2, 0) is 33.6 Å². The van der Waals surface area contributed by atoms with Crippen molar-refractivity contribution in [3.63, 3.8) is 0 Å². The Labute approximate surface area is 158 Å². The molecule has 8 atom stereocenters. The fraction of sp³-hybridized carbons (Fsp3) is 0.947. The van der Waals surface area contributed by atoms with E-state index in [0.717, 1.165) is 25.7 Å². The van der Waals surface area contributed by atoms with Crippen molar-refractivity contribution in [1.82, 2.24) is 5.06 Å². The maximum absolute atomic E-state index is 13.3. The van der Waals surface area contributed by atoms with Crippen molar-refractivity contribution in [2.75, 3.05) is 19.8 Å². The van der Waals surface area contributed by atoms with Crippen LogP contribution in [0.3, 0.4) is 0 Å². The number of rotatable bonds is 0. The summed E-state index contributed by atoms with van der Waals surface area (Å²) >= 11 is 0. The van der Waals surface area contributed by atoms with Gasteiger partial charge in [-0.25, -0.2) is 14.6 Å². The van der Waals surface area contributed by atoms with Gasteiger partial charge in [0.1, 0.15) is 0 Å². The van der Waals surface area contributed by atoms with Gasteiger partial charge in [0.15, 0.2) is 11.2 Å². The molecule has 1 aliphatic carbocycles. The predicted molar refractivity (Wildman–Crippen MR) is 88.6 cm³/mol. The Morgan fingerprint density at radius 3 is 2.93 bits per heavy atom. The lowest BCUT2D eigenvalue weighted by Crippen LogP contribution is -2.75. The van der Waals surface area contributed by atoms with Crippen LogP contribution in [0.15, 0.2) is 0 Å². The molecule has 27 heavy (non-hydrogen) atoms. The third kappa shape index (κ3) is 2.06. The van der Waals surface area contributed by atoms with Gasteiger partial charge in [-0.1, -0.05) is 6.92 Å². The van der Waals surface area contributed by atoms with Crippen LogP contribution in [0.25, 0.3) is 0 Å². The smallest absolute Gasteiger partial charge is 0.343 e. The van der Waals surface area contributed by atoms with E-state index in [9.17, 15) is 4.79 Å². The normalized spacial score (nSPS) is 57.1. The van der Waals surface area contributed by atoms with Crippen molar-refractivity contribution < 1.29 is 33.6 Å². The Hall–Kier alpha value is -0.770. The van der Waals surface area contributed by atoms with Crippen LogP contribution in [0.2, 0.25) is 0 Å². The minimum absolute atomic E-state index is 0.0681. The van der Waals surface area contributed by atoms with Crippen molar-refractivity contribution in [1.29, 1.82) is 0 Å². The third-order valence-electron chi connectivity index (χ3n) is 7.83. The summed E-state index contributed by atoms with van der Waals surface area (Å²) in [4.78, 5) is 31.6. The van der Waals surface area contributed by atoms with Gasteiger partial charge in [0.25, 0.3) is 0 Å². The molecule has 0 aromatic heterocycles. The van der Waals surface area contributed by atoms with Crippen molar-refractivity contribution in [3.8, 4) is 0 Å². The molecule has 0 unspecified atom stereocenters. The first kappa shape index (κ1) is 17.1. The molecule has 1 saturated carbocycles. The van der Waals surface area contributed by atoms with Gasteiger partial charge in [-0.05, 0) is 32.1 Å². The molecule has 8 nitrogen and oxygen atoms in total. The summed E-state index contributed by atoms with van der Waals surface area (Å²) < 4.78 is 17.7. The molecule has 6 saturated heterocycles. The van der Waals surface area contributed by atoms with Gasteiger partial charge in [-0.3, -0.25) is 4.84 Å². The van der Waals surface area contributed by atoms with Gasteiger partial charge in [0.2, 0.25) is 12.1 Å². The molecule has 2 bridgehead atoms. The number of carbonyl (C=O) groups excluding carboxylic acids is 1. The second-order valence-corrected chi connectivity index (χ2v) is 9.32. The van der Waals surface area contributed by atoms with E-state index in [0.29, 0.717) is 32.1 Å². The van der Waals surface area contributed by atoms with Crippen molar-refractivity contribution in [3.05, 3.63) is 0 Å². The van der Waals surface area contributed by atoms with Crippen LogP contribution in [0.1, 0.15) is 46.0 Å². The fourth-order valence-electron chi connectivity index (χ4n) is 6.48. The van der Waals surface area contributed by atoms with Gasteiger partial charge >= 0.3 is 5.97 Å². The topological polar surface area (TPSA) is 75.7 Å². The minimum Gasteiger partial charge on any atom is -0.430 e. The second kappa shape index (κ2) is 5.43. The average Bonchev–Trinajstić information content (AvgIpc) is 2.90. The first-order valence-electron chi connectivity index (χ1n) is 10.3. The van der Waals surface area contributed by atoms with Crippen LogP contribution in [0.5, 0.6) is 0 Å². The summed E-state index contributed by atoms with van der Waals surface area (Å²) in [6.07, 6.45) is 3.33. The largest absolute Gasteiger partial charge is 0.430 e. The van der Waals surface area contributed by atoms with E-state index in [-0.39, 0.29) is 23.8 Å². The summed E-state index contributed by atoms with van der Waals surface area (Å²) in [5, 5.41) is 1.92. The summed E-state index contributed by atoms with van der Waals surface area (Å²) in [6, 6.07) is 0.0681. The molecule has 0 N–H and O–H groups in total. The summed E-state index contributed by atoms with van der Waals surface area (Å²) in [5.41, 5.74) is -1.85. The molecule has 6 aliphatic heterocycles. The van der Waals surface area contributed by atoms with Gasteiger partial charge < -0.3 is 14.2 Å². The predicted octanol–water partition coefficient (Wildman–Crippen LogP) is 1.53. The Morgan fingerprint density at radius 1 is 1.19 bits per heavy atom. The maximum Gasteiger partial charge on any atom is 0.343 e. The Morgan fingerprint density at radius 2 is 2.07 bits per heavy atom. The summed E-state index contributed by atoms with van der Waals surface area (Å²) in [5.74, 6) is -0.716. The van der Waals surface area contributed by atoms with Gasteiger partial charge in [0.05, 0.1) is 19.3 Å². The Kier molecular flexibility index (Phi) is 3.44. The van der Waals surface area contributed by atoms with Gasteiger partial charge in [-0.2, -0.15) is 5.06 Å². The highest BCUT2D eigenvalue weighted by Gasteiger charge is 2.77. The van der Waals surface area contributed by atoms with Gasteiger partial charge in [-0.15, -0.1) is 0 Å². The highest BCUT2D eigenvalue weighted by atomic mass is 17.3. The molecule has 2 spiro atoms. The maximum atomic E-state index is 13.3. The average molecular weight is 381 g/mol. The molecular formula is C19H27NO7. The van der Waals surface area contributed by atoms with Crippen LogP contribution in [0.4, 0.5) is 0 Å². The number of fused-ring (bicyclic) bond motifs is 4. The second-order valence-electron chi connectivity index (χ2n) is 9.32. The first-order chi connectivity index (χ1) is 13.0. The number of carbonyl (C=O) groups is 1. The monoisotopic (exact) mass is 381 g/mol. The van der Waals surface area contributed by atoms with Crippen molar-refractivity contribution in [2.24, 2.45) is 17.8 Å². The first-order valence-corrected chi connectivity index (χ1v) is 10.3. The highest BCUT2D eigenvalue weighted by Crippen LogP contribution is 2.63. The van der Waals surface area contributed by atoms with Crippen LogP contribution in [-0.4, -0.2) is 60.1 Å². The number of hydrogen-bond acceptors (Lipinski definition) is 8. The third-order valence-corrected chi connectivity index (χ3v) is 7.83. The van der Waals surface area contributed by atoms with Crippen LogP contribution >= 0.6 is 0 Å². The van der Waals surface area contributed by atoms with E-state index in [1.165, 1.54) is 0 Å². The molecule has 8 heteroatoms. The van der Waals surface area contributed by atoms with E-state index in [1.54, 1.807) is 0 Å². The molecule has 0 radical (unpaired) electrons. The van der Waals surface area contributed by atoms with E-state index in [1.807, 2.05) is 12.0 Å². The van der Waals surface area contributed by atoms with Crippen molar-refractivity contribution >= 4 is 5.97 Å². The molecule has 7 rings (SSSR count). The SMILES string of the molecule is C[C@@H]1CC[C@@H]2[C@]34OO[C@](C)(CC[C@@H]13)O[C@H]4OC(=O)[C@@]21C[C@@H]2COCCN2O1. The molecule has 0 aromatic carbocycles. The lowest BCUT2D eigenvalue weighted by atomic mass is 9.56. The number of esters is 1. The molecule has 0 aromatic rings. The number of nitrogens with zero attached hydrogens (tertiary/aromatic N) is 1. The molecular weight excluding hydrogens is 354 g/mol. The van der Waals surface area contributed by atoms with Crippen LogP contribution in [0, 0.1) is 17.8 Å². The Bertz CT molecular complexity index is 658. The molecule has 6 heterocycles. The molecule has 7 aliphatic rings. The number of hydrogen-bond donors (Lipinski definition) is 0. The quantitative estimate of drug-likeness (QED) is 0.462. The van der Waals surface area contributed by atoms with E-state index in [2.05, 4.69) is 6.92 Å². The molecule has 150 valence electrons. The molecule has 7 fully saturated rings. The number of morpholine rings is 1. The number of hydroxylamine groups is 2. The van der Waals surface area contributed by atoms with Crippen LogP contribution < -0.4 is 0 Å². The molecule has 0 amide bonds.